The monoisotopic (exact) mass is 396 g/mol. The molecular formula is C19H17BrN4O. The minimum atomic E-state index is -0.271. The number of carbonyl (C=O) groups is 1. The number of rotatable bonds is 4. The van der Waals surface area contributed by atoms with E-state index in [2.05, 4.69) is 31.2 Å². The summed E-state index contributed by atoms with van der Waals surface area (Å²) in [4.78, 5) is 22.7. The number of aryl methyl sites for hydroxylation is 1. The molecule has 1 aromatic heterocycles. The maximum atomic E-state index is 12.5. The number of benzene rings is 2. The van der Waals surface area contributed by atoms with Gasteiger partial charge in [-0.3, -0.25) is 4.79 Å². The SMILES string of the molecule is Cc1cc(NC(=O)c2cc(N(C)c3ccccc3)ncn2)ccc1Br. The third kappa shape index (κ3) is 4.03. The van der Waals surface area contributed by atoms with Crippen molar-refractivity contribution in [3.8, 4) is 0 Å². The average Bonchev–Trinajstić information content (AvgIpc) is 2.65. The molecule has 0 atom stereocenters. The van der Waals surface area contributed by atoms with Gasteiger partial charge in [-0.15, -0.1) is 0 Å². The second kappa shape index (κ2) is 7.44. The minimum Gasteiger partial charge on any atom is -0.329 e. The molecule has 0 bridgehead atoms. The van der Waals surface area contributed by atoms with Crippen molar-refractivity contribution in [1.29, 1.82) is 0 Å². The topological polar surface area (TPSA) is 58.1 Å². The summed E-state index contributed by atoms with van der Waals surface area (Å²) in [5, 5.41) is 2.86. The molecular weight excluding hydrogens is 380 g/mol. The first-order valence-corrected chi connectivity index (χ1v) is 8.52. The third-order valence-corrected chi connectivity index (χ3v) is 4.68. The highest BCUT2D eigenvalue weighted by molar-refractivity contribution is 9.10. The lowest BCUT2D eigenvalue weighted by Crippen LogP contribution is -2.17. The van der Waals surface area contributed by atoms with Crippen molar-refractivity contribution in [2.24, 2.45) is 0 Å². The van der Waals surface area contributed by atoms with Crippen molar-refractivity contribution in [2.45, 2.75) is 6.92 Å². The molecule has 0 radical (unpaired) electrons. The number of anilines is 3. The molecule has 1 amide bonds. The van der Waals surface area contributed by atoms with E-state index in [4.69, 9.17) is 0 Å². The standard InChI is InChI=1S/C19H17BrN4O/c1-13-10-14(8-9-16(13)20)23-19(25)17-11-18(22-12-21-17)24(2)15-6-4-3-5-7-15/h3-12H,1-2H3,(H,23,25). The Morgan fingerprint density at radius 2 is 1.84 bits per heavy atom. The first-order chi connectivity index (χ1) is 12.0. The predicted molar refractivity (Wildman–Crippen MR) is 103 cm³/mol. The van der Waals surface area contributed by atoms with Gasteiger partial charge < -0.3 is 10.2 Å². The predicted octanol–water partition coefficient (Wildman–Crippen LogP) is 4.57. The zero-order valence-corrected chi connectivity index (χ0v) is 15.5. The van der Waals surface area contributed by atoms with Gasteiger partial charge >= 0.3 is 0 Å². The fourth-order valence-corrected chi connectivity index (χ4v) is 2.60. The molecule has 126 valence electrons. The first-order valence-electron chi connectivity index (χ1n) is 7.73. The van der Waals surface area contributed by atoms with Crippen LogP contribution in [0, 0.1) is 6.92 Å². The summed E-state index contributed by atoms with van der Waals surface area (Å²) in [5.74, 6) is 0.380. The molecule has 2 aromatic carbocycles. The average molecular weight is 397 g/mol. The lowest BCUT2D eigenvalue weighted by atomic mass is 10.2. The lowest BCUT2D eigenvalue weighted by molar-refractivity contribution is 0.102. The van der Waals surface area contributed by atoms with Crippen LogP contribution in [-0.2, 0) is 0 Å². The molecule has 0 unspecified atom stereocenters. The van der Waals surface area contributed by atoms with Gasteiger partial charge in [0.05, 0.1) is 0 Å². The van der Waals surface area contributed by atoms with Crippen LogP contribution in [0.5, 0.6) is 0 Å². The smallest absolute Gasteiger partial charge is 0.274 e. The molecule has 5 nitrogen and oxygen atoms in total. The highest BCUT2D eigenvalue weighted by Crippen LogP contribution is 2.22. The van der Waals surface area contributed by atoms with E-state index >= 15 is 0 Å². The molecule has 0 saturated heterocycles. The van der Waals surface area contributed by atoms with Crippen molar-refractivity contribution >= 4 is 39.0 Å². The van der Waals surface area contributed by atoms with Crippen molar-refractivity contribution in [3.05, 3.63) is 76.7 Å². The quantitative estimate of drug-likeness (QED) is 0.701. The fourth-order valence-electron chi connectivity index (χ4n) is 2.36. The van der Waals surface area contributed by atoms with Crippen LogP contribution >= 0.6 is 15.9 Å². The van der Waals surface area contributed by atoms with Gasteiger partial charge in [0.1, 0.15) is 17.8 Å². The van der Waals surface area contributed by atoms with Crippen LogP contribution in [0.4, 0.5) is 17.2 Å². The van der Waals surface area contributed by atoms with E-state index in [0.29, 0.717) is 11.5 Å². The highest BCUT2D eigenvalue weighted by Gasteiger charge is 2.12. The van der Waals surface area contributed by atoms with Crippen molar-refractivity contribution in [3.63, 3.8) is 0 Å². The molecule has 25 heavy (non-hydrogen) atoms. The number of para-hydroxylation sites is 1. The largest absolute Gasteiger partial charge is 0.329 e. The highest BCUT2D eigenvalue weighted by atomic mass is 79.9. The Morgan fingerprint density at radius 1 is 1.08 bits per heavy atom. The minimum absolute atomic E-state index is 0.271. The summed E-state index contributed by atoms with van der Waals surface area (Å²) in [5.41, 5.74) is 3.07. The number of aromatic nitrogens is 2. The van der Waals surface area contributed by atoms with Crippen molar-refractivity contribution < 1.29 is 4.79 Å². The van der Waals surface area contributed by atoms with Gasteiger partial charge in [-0.2, -0.15) is 0 Å². The normalized spacial score (nSPS) is 10.4. The lowest BCUT2D eigenvalue weighted by Gasteiger charge is -2.18. The van der Waals surface area contributed by atoms with Crippen LogP contribution in [0.3, 0.4) is 0 Å². The maximum absolute atomic E-state index is 12.5. The van der Waals surface area contributed by atoms with E-state index in [-0.39, 0.29) is 5.91 Å². The molecule has 0 fully saturated rings. The Morgan fingerprint density at radius 3 is 2.56 bits per heavy atom. The number of nitrogens with one attached hydrogen (secondary N) is 1. The van der Waals surface area contributed by atoms with Crippen LogP contribution in [-0.4, -0.2) is 22.9 Å². The Hall–Kier alpha value is -2.73. The third-order valence-electron chi connectivity index (χ3n) is 3.79. The second-order valence-electron chi connectivity index (χ2n) is 5.57. The van der Waals surface area contributed by atoms with Gasteiger partial charge in [0, 0.05) is 29.0 Å². The number of hydrogen-bond donors (Lipinski definition) is 1. The Kier molecular flexibility index (Phi) is 5.09. The van der Waals surface area contributed by atoms with E-state index in [1.165, 1.54) is 6.33 Å². The van der Waals surface area contributed by atoms with Gasteiger partial charge in [-0.25, -0.2) is 9.97 Å². The first kappa shape index (κ1) is 17.1. The van der Waals surface area contributed by atoms with Crippen molar-refractivity contribution in [1.82, 2.24) is 9.97 Å². The molecule has 6 heteroatoms. The number of halogens is 1. The zero-order chi connectivity index (χ0) is 17.8. The van der Waals surface area contributed by atoms with Crippen LogP contribution in [0.25, 0.3) is 0 Å². The summed E-state index contributed by atoms with van der Waals surface area (Å²) in [6.45, 7) is 1.97. The summed E-state index contributed by atoms with van der Waals surface area (Å²) in [6, 6.07) is 17.1. The summed E-state index contributed by atoms with van der Waals surface area (Å²) in [6.07, 6.45) is 1.40. The molecule has 3 rings (SSSR count). The van der Waals surface area contributed by atoms with Gasteiger partial charge in [-0.05, 0) is 42.8 Å². The van der Waals surface area contributed by atoms with Crippen LogP contribution in [0.15, 0.2) is 65.4 Å². The van der Waals surface area contributed by atoms with E-state index in [1.807, 2.05) is 67.4 Å². The Balaban J connectivity index is 1.81. The summed E-state index contributed by atoms with van der Waals surface area (Å²) >= 11 is 3.45. The van der Waals surface area contributed by atoms with Crippen LogP contribution < -0.4 is 10.2 Å². The molecule has 0 aliphatic heterocycles. The molecule has 0 spiro atoms. The van der Waals surface area contributed by atoms with Crippen molar-refractivity contribution in [2.75, 3.05) is 17.3 Å². The van der Waals surface area contributed by atoms with E-state index in [0.717, 1.165) is 21.4 Å². The molecule has 3 aromatic rings. The number of amides is 1. The van der Waals surface area contributed by atoms with E-state index < -0.39 is 0 Å². The Bertz CT molecular complexity index is 899. The summed E-state index contributed by atoms with van der Waals surface area (Å²) < 4.78 is 0.999. The van der Waals surface area contributed by atoms with E-state index in [9.17, 15) is 4.79 Å². The van der Waals surface area contributed by atoms with Gasteiger partial charge in [-0.1, -0.05) is 34.1 Å². The number of carbonyl (C=O) groups excluding carboxylic acids is 1. The number of nitrogens with zero attached hydrogens (tertiary/aromatic N) is 3. The van der Waals surface area contributed by atoms with Crippen LogP contribution in [0.2, 0.25) is 0 Å². The molecule has 1 heterocycles. The van der Waals surface area contributed by atoms with Gasteiger partial charge in [0.15, 0.2) is 0 Å². The van der Waals surface area contributed by atoms with Crippen LogP contribution in [0.1, 0.15) is 16.1 Å². The maximum Gasteiger partial charge on any atom is 0.274 e. The number of hydrogen-bond acceptors (Lipinski definition) is 4. The van der Waals surface area contributed by atoms with Gasteiger partial charge in [0.25, 0.3) is 5.91 Å². The fraction of sp³-hybridized carbons (Fsp3) is 0.105. The molecule has 0 aliphatic carbocycles. The second-order valence-corrected chi connectivity index (χ2v) is 6.43. The Labute approximate surface area is 154 Å². The molecule has 0 saturated carbocycles. The zero-order valence-electron chi connectivity index (χ0n) is 13.9. The molecule has 1 N–H and O–H groups in total. The molecule has 0 aliphatic rings. The summed E-state index contributed by atoms with van der Waals surface area (Å²) in [7, 11) is 1.90. The van der Waals surface area contributed by atoms with E-state index in [1.54, 1.807) is 6.07 Å². The van der Waals surface area contributed by atoms with Gasteiger partial charge in [0.2, 0.25) is 0 Å².